The lowest BCUT2D eigenvalue weighted by Crippen LogP contribution is -2.43. The van der Waals surface area contributed by atoms with Crippen molar-refractivity contribution in [1.29, 1.82) is 0 Å². The van der Waals surface area contributed by atoms with E-state index >= 15 is 0 Å². The number of nitrogens with one attached hydrogen (secondary N) is 1. The summed E-state index contributed by atoms with van der Waals surface area (Å²) in [6, 6.07) is 2.05. The summed E-state index contributed by atoms with van der Waals surface area (Å²) in [5.74, 6) is 0.814. The molecule has 0 spiro atoms. The number of halogens is 1. The minimum atomic E-state index is -0.509. The van der Waals surface area contributed by atoms with Crippen LogP contribution < -0.4 is 5.32 Å². The molecule has 1 aromatic heterocycles. The Morgan fingerprint density at radius 3 is 2.79 bits per heavy atom. The van der Waals surface area contributed by atoms with Gasteiger partial charge in [-0.15, -0.1) is 0 Å². The van der Waals surface area contributed by atoms with Crippen LogP contribution in [0, 0.1) is 5.92 Å². The summed E-state index contributed by atoms with van der Waals surface area (Å²) < 4.78 is 0.994. The van der Waals surface area contributed by atoms with Crippen molar-refractivity contribution in [3.8, 4) is 0 Å². The van der Waals surface area contributed by atoms with Crippen LogP contribution in [0.1, 0.15) is 44.6 Å². The minimum Gasteiger partial charge on any atom is -0.389 e. The molecule has 0 bridgehead atoms. The van der Waals surface area contributed by atoms with Crippen LogP contribution in [0.3, 0.4) is 0 Å². The summed E-state index contributed by atoms with van der Waals surface area (Å²) in [6.07, 6.45) is 9.05. The molecule has 2 N–H and O–H groups in total. The predicted molar refractivity (Wildman–Crippen MR) is 80.8 cm³/mol. The lowest BCUT2D eigenvalue weighted by Gasteiger charge is -2.36. The Balaban J connectivity index is 1.76. The SMILES string of the molecule is CCC1CCC(O)(CNCc2cncc(Br)c2)CC1. The molecule has 0 radical (unpaired) electrons. The molecular weight excluding hydrogens is 304 g/mol. The van der Waals surface area contributed by atoms with Crippen LogP contribution in [-0.2, 0) is 6.54 Å². The first-order valence-corrected chi connectivity index (χ1v) is 7.93. The van der Waals surface area contributed by atoms with Crippen LogP contribution in [0.4, 0.5) is 0 Å². The molecule has 19 heavy (non-hydrogen) atoms. The van der Waals surface area contributed by atoms with E-state index in [2.05, 4.69) is 39.2 Å². The second-order valence-corrected chi connectivity index (χ2v) is 6.61. The van der Waals surface area contributed by atoms with Gasteiger partial charge >= 0.3 is 0 Å². The highest BCUT2D eigenvalue weighted by Crippen LogP contribution is 2.33. The van der Waals surface area contributed by atoms with Crippen molar-refractivity contribution in [3.05, 3.63) is 28.5 Å². The van der Waals surface area contributed by atoms with Gasteiger partial charge in [0.25, 0.3) is 0 Å². The van der Waals surface area contributed by atoms with E-state index in [9.17, 15) is 5.11 Å². The molecule has 1 aromatic rings. The van der Waals surface area contributed by atoms with E-state index < -0.39 is 5.60 Å². The number of nitrogens with zero attached hydrogens (tertiary/aromatic N) is 1. The Morgan fingerprint density at radius 1 is 1.42 bits per heavy atom. The molecule has 106 valence electrons. The highest BCUT2D eigenvalue weighted by Gasteiger charge is 2.31. The first kappa shape index (κ1) is 14.9. The standard InChI is InChI=1S/C15H23BrN2O/c1-2-12-3-5-15(19,6-4-12)11-18-9-13-7-14(16)10-17-8-13/h7-8,10,12,18-19H,2-6,9,11H2,1H3. The fraction of sp³-hybridized carbons (Fsp3) is 0.667. The molecule has 1 heterocycles. The Kier molecular flexibility index (Phi) is 5.37. The molecule has 1 aliphatic carbocycles. The number of rotatable bonds is 5. The van der Waals surface area contributed by atoms with Crippen LogP contribution >= 0.6 is 15.9 Å². The summed E-state index contributed by atoms with van der Waals surface area (Å²) in [7, 11) is 0. The molecule has 4 heteroatoms. The van der Waals surface area contributed by atoms with Gasteiger partial charge in [0.15, 0.2) is 0 Å². The average molecular weight is 327 g/mol. The van der Waals surface area contributed by atoms with Crippen LogP contribution in [0.5, 0.6) is 0 Å². The van der Waals surface area contributed by atoms with Crippen LogP contribution in [0.15, 0.2) is 22.9 Å². The number of aliphatic hydroxyl groups is 1. The van der Waals surface area contributed by atoms with Gasteiger partial charge in [0.1, 0.15) is 0 Å². The lowest BCUT2D eigenvalue weighted by atomic mass is 9.78. The van der Waals surface area contributed by atoms with E-state index in [0.717, 1.165) is 48.2 Å². The van der Waals surface area contributed by atoms with E-state index in [1.807, 2.05) is 6.20 Å². The van der Waals surface area contributed by atoms with Gasteiger partial charge in [0, 0.05) is 30.0 Å². The normalized spacial score (nSPS) is 27.4. The second kappa shape index (κ2) is 6.82. The first-order chi connectivity index (χ1) is 9.11. The summed E-state index contributed by atoms with van der Waals surface area (Å²) >= 11 is 3.42. The molecule has 0 amide bonds. The molecule has 0 atom stereocenters. The van der Waals surface area contributed by atoms with Gasteiger partial charge in [-0.1, -0.05) is 13.3 Å². The van der Waals surface area contributed by atoms with Gasteiger partial charge in [0.2, 0.25) is 0 Å². The zero-order valence-corrected chi connectivity index (χ0v) is 13.1. The molecular formula is C15H23BrN2O. The summed E-state index contributed by atoms with van der Waals surface area (Å²) in [6.45, 7) is 3.68. The largest absolute Gasteiger partial charge is 0.389 e. The zero-order valence-electron chi connectivity index (χ0n) is 11.5. The van der Waals surface area contributed by atoms with E-state index in [0.29, 0.717) is 6.54 Å². The van der Waals surface area contributed by atoms with Crippen molar-refractivity contribution in [2.24, 2.45) is 5.92 Å². The van der Waals surface area contributed by atoms with Crippen LogP contribution in [-0.4, -0.2) is 22.2 Å². The molecule has 1 fully saturated rings. The highest BCUT2D eigenvalue weighted by molar-refractivity contribution is 9.10. The fourth-order valence-electron chi connectivity index (χ4n) is 2.79. The highest BCUT2D eigenvalue weighted by atomic mass is 79.9. The van der Waals surface area contributed by atoms with Crippen molar-refractivity contribution in [2.75, 3.05) is 6.54 Å². The topological polar surface area (TPSA) is 45.1 Å². The van der Waals surface area contributed by atoms with Crippen LogP contribution in [0.2, 0.25) is 0 Å². The van der Waals surface area contributed by atoms with Crippen molar-refractivity contribution in [1.82, 2.24) is 10.3 Å². The van der Waals surface area contributed by atoms with Gasteiger partial charge < -0.3 is 10.4 Å². The molecule has 1 aliphatic rings. The molecule has 0 aromatic carbocycles. The molecule has 0 aliphatic heterocycles. The quantitative estimate of drug-likeness (QED) is 0.872. The van der Waals surface area contributed by atoms with E-state index in [1.165, 1.54) is 6.42 Å². The van der Waals surface area contributed by atoms with Gasteiger partial charge in [-0.3, -0.25) is 4.98 Å². The number of aromatic nitrogens is 1. The third-order valence-corrected chi connectivity index (χ3v) is 4.59. The smallest absolute Gasteiger partial charge is 0.0771 e. The summed E-state index contributed by atoms with van der Waals surface area (Å²) in [5, 5.41) is 13.9. The number of hydrogen-bond acceptors (Lipinski definition) is 3. The molecule has 1 saturated carbocycles. The zero-order chi connectivity index (χ0) is 13.7. The van der Waals surface area contributed by atoms with E-state index in [4.69, 9.17) is 0 Å². The van der Waals surface area contributed by atoms with Crippen molar-refractivity contribution >= 4 is 15.9 Å². The predicted octanol–water partition coefficient (Wildman–Crippen LogP) is 3.27. The number of hydrogen-bond donors (Lipinski definition) is 2. The van der Waals surface area contributed by atoms with Crippen molar-refractivity contribution in [2.45, 2.75) is 51.2 Å². The lowest BCUT2D eigenvalue weighted by molar-refractivity contribution is -0.00881. The Hall–Kier alpha value is -0.450. The van der Waals surface area contributed by atoms with Gasteiger partial charge in [-0.05, 0) is 59.2 Å². The maximum absolute atomic E-state index is 10.5. The molecule has 0 saturated heterocycles. The summed E-state index contributed by atoms with van der Waals surface area (Å²) in [5.41, 5.74) is 0.630. The average Bonchev–Trinajstić information content (AvgIpc) is 2.40. The molecule has 2 rings (SSSR count). The Labute approximate surface area is 124 Å². The minimum absolute atomic E-state index is 0.509. The monoisotopic (exact) mass is 326 g/mol. The fourth-order valence-corrected chi connectivity index (χ4v) is 3.20. The molecule has 0 unspecified atom stereocenters. The second-order valence-electron chi connectivity index (χ2n) is 5.69. The summed E-state index contributed by atoms with van der Waals surface area (Å²) in [4.78, 5) is 4.14. The maximum atomic E-state index is 10.5. The van der Waals surface area contributed by atoms with E-state index in [-0.39, 0.29) is 0 Å². The van der Waals surface area contributed by atoms with Gasteiger partial charge in [-0.2, -0.15) is 0 Å². The molecule has 3 nitrogen and oxygen atoms in total. The van der Waals surface area contributed by atoms with Gasteiger partial charge in [0.05, 0.1) is 5.60 Å². The van der Waals surface area contributed by atoms with Gasteiger partial charge in [-0.25, -0.2) is 0 Å². The number of pyridine rings is 1. The Morgan fingerprint density at radius 2 is 2.16 bits per heavy atom. The van der Waals surface area contributed by atoms with E-state index in [1.54, 1.807) is 6.20 Å². The van der Waals surface area contributed by atoms with Crippen molar-refractivity contribution < 1.29 is 5.11 Å². The Bertz CT molecular complexity index is 403. The van der Waals surface area contributed by atoms with Crippen LogP contribution in [0.25, 0.3) is 0 Å². The first-order valence-electron chi connectivity index (χ1n) is 7.14. The third kappa shape index (κ3) is 4.55. The maximum Gasteiger partial charge on any atom is 0.0771 e. The van der Waals surface area contributed by atoms with Crippen molar-refractivity contribution in [3.63, 3.8) is 0 Å². The third-order valence-electron chi connectivity index (χ3n) is 4.16.